The van der Waals surface area contributed by atoms with Gasteiger partial charge in [-0.15, -0.1) is 0 Å². The predicted molar refractivity (Wildman–Crippen MR) is 68.8 cm³/mol. The van der Waals surface area contributed by atoms with E-state index in [0.717, 1.165) is 26.1 Å². The van der Waals surface area contributed by atoms with Gasteiger partial charge < -0.3 is 14.0 Å². The molecule has 17 heavy (non-hydrogen) atoms. The fourth-order valence-electron chi connectivity index (χ4n) is 2.12. The smallest absolute Gasteiger partial charge is 0.400 e. The monoisotopic (exact) mass is 238 g/mol. The largest absolute Gasteiger partial charge is 0.486 e. The minimum absolute atomic E-state index is 0.206. The average Bonchev–Trinajstić information content (AvgIpc) is 2.46. The Morgan fingerprint density at radius 2 is 1.53 bits per heavy atom. The summed E-state index contributed by atoms with van der Waals surface area (Å²) < 4.78 is 17.2. The van der Waals surface area contributed by atoms with Crippen molar-refractivity contribution in [3.63, 3.8) is 0 Å². The van der Waals surface area contributed by atoms with Gasteiger partial charge in [-0.2, -0.15) is 0 Å². The zero-order valence-corrected chi connectivity index (χ0v) is 11.4. The zero-order chi connectivity index (χ0) is 12.5. The lowest BCUT2D eigenvalue weighted by Crippen LogP contribution is -2.41. The van der Waals surface area contributed by atoms with E-state index in [4.69, 9.17) is 14.0 Å². The van der Waals surface area contributed by atoms with Crippen LogP contribution >= 0.6 is 0 Å². The SMILES string of the molecule is CC1(C)OB(/C=C/C2CCOCC2)OC1(C)C. The van der Waals surface area contributed by atoms with Gasteiger partial charge in [0.25, 0.3) is 0 Å². The summed E-state index contributed by atoms with van der Waals surface area (Å²) in [6.45, 7) is 10.1. The van der Waals surface area contributed by atoms with Crippen molar-refractivity contribution in [2.75, 3.05) is 13.2 Å². The zero-order valence-electron chi connectivity index (χ0n) is 11.4. The molecule has 0 spiro atoms. The fourth-order valence-corrected chi connectivity index (χ4v) is 2.12. The lowest BCUT2D eigenvalue weighted by molar-refractivity contribution is 0.00578. The van der Waals surface area contributed by atoms with Crippen molar-refractivity contribution in [1.82, 2.24) is 0 Å². The Bertz CT molecular complexity index is 277. The van der Waals surface area contributed by atoms with Gasteiger partial charge in [0.1, 0.15) is 0 Å². The van der Waals surface area contributed by atoms with Crippen LogP contribution in [0.15, 0.2) is 12.1 Å². The first-order chi connectivity index (χ1) is 7.91. The number of allylic oxidation sites excluding steroid dienone is 1. The second kappa shape index (κ2) is 4.75. The molecule has 0 aromatic heterocycles. The Labute approximate surface area is 105 Å². The van der Waals surface area contributed by atoms with Gasteiger partial charge in [-0.25, -0.2) is 0 Å². The molecule has 0 N–H and O–H groups in total. The summed E-state index contributed by atoms with van der Waals surface area (Å²) in [5.41, 5.74) is -0.477. The Morgan fingerprint density at radius 1 is 1.00 bits per heavy atom. The van der Waals surface area contributed by atoms with Crippen LogP contribution < -0.4 is 0 Å². The first-order valence-electron chi connectivity index (χ1n) is 6.52. The van der Waals surface area contributed by atoms with Crippen molar-refractivity contribution < 1.29 is 14.0 Å². The van der Waals surface area contributed by atoms with Gasteiger partial charge in [0.2, 0.25) is 0 Å². The molecule has 2 aliphatic heterocycles. The van der Waals surface area contributed by atoms with Crippen molar-refractivity contribution in [2.45, 2.75) is 51.7 Å². The maximum absolute atomic E-state index is 5.91. The molecule has 2 aliphatic rings. The van der Waals surface area contributed by atoms with Crippen molar-refractivity contribution in [1.29, 1.82) is 0 Å². The molecule has 2 heterocycles. The van der Waals surface area contributed by atoms with Crippen molar-refractivity contribution in [3.05, 3.63) is 12.1 Å². The fraction of sp³-hybridized carbons (Fsp3) is 0.846. The molecule has 3 nitrogen and oxygen atoms in total. The Kier molecular flexibility index (Phi) is 3.67. The quantitative estimate of drug-likeness (QED) is 0.692. The van der Waals surface area contributed by atoms with Crippen LogP contribution in [0.25, 0.3) is 0 Å². The van der Waals surface area contributed by atoms with Crippen molar-refractivity contribution >= 4 is 7.12 Å². The van der Waals surface area contributed by atoms with E-state index in [0.29, 0.717) is 5.92 Å². The number of ether oxygens (including phenoxy) is 1. The topological polar surface area (TPSA) is 27.7 Å². The van der Waals surface area contributed by atoms with E-state index in [1.54, 1.807) is 0 Å². The molecular formula is C13H23BO3. The van der Waals surface area contributed by atoms with Gasteiger partial charge >= 0.3 is 7.12 Å². The van der Waals surface area contributed by atoms with Gasteiger partial charge in [0.15, 0.2) is 0 Å². The van der Waals surface area contributed by atoms with Gasteiger partial charge in [0.05, 0.1) is 11.2 Å². The van der Waals surface area contributed by atoms with E-state index in [9.17, 15) is 0 Å². The second-order valence-corrected chi connectivity index (χ2v) is 5.96. The van der Waals surface area contributed by atoms with Crippen LogP contribution in [0.4, 0.5) is 0 Å². The van der Waals surface area contributed by atoms with E-state index in [1.807, 2.05) is 0 Å². The van der Waals surface area contributed by atoms with Gasteiger partial charge in [-0.1, -0.05) is 12.1 Å². The van der Waals surface area contributed by atoms with Crippen molar-refractivity contribution in [2.24, 2.45) is 5.92 Å². The number of hydrogen-bond donors (Lipinski definition) is 0. The van der Waals surface area contributed by atoms with Crippen LogP contribution in [0.3, 0.4) is 0 Å². The normalized spacial score (nSPS) is 29.1. The Morgan fingerprint density at radius 3 is 2.06 bits per heavy atom. The molecule has 96 valence electrons. The van der Waals surface area contributed by atoms with Crippen LogP contribution in [0.5, 0.6) is 0 Å². The molecule has 0 atom stereocenters. The van der Waals surface area contributed by atoms with Crippen LogP contribution in [0, 0.1) is 5.92 Å². The highest BCUT2D eigenvalue weighted by Gasteiger charge is 2.50. The summed E-state index contributed by atoms with van der Waals surface area (Å²) in [5, 5.41) is 0. The molecule has 0 bridgehead atoms. The maximum atomic E-state index is 5.91. The van der Waals surface area contributed by atoms with E-state index >= 15 is 0 Å². The molecule has 0 unspecified atom stereocenters. The first kappa shape index (κ1) is 13.1. The van der Waals surface area contributed by atoms with Gasteiger partial charge in [0, 0.05) is 13.2 Å². The summed E-state index contributed by atoms with van der Waals surface area (Å²) in [5.74, 6) is 2.68. The molecule has 2 saturated heterocycles. The van der Waals surface area contributed by atoms with Crippen LogP contribution in [-0.4, -0.2) is 31.5 Å². The summed E-state index contributed by atoms with van der Waals surface area (Å²) >= 11 is 0. The van der Waals surface area contributed by atoms with Crippen LogP contribution in [0.2, 0.25) is 0 Å². The van der Waals surface area contributed by atoms with Gasteiger partial charge in [-0.3, -0.25) is 0 Å². The van der Waals surface area contributed by atoms with Crippen molar-refractivity contribution in [3.8, 4) is 0 Å². The lowest BCUT2D eigenvalue weighted by atomic mass is 9.86. The number of rotatable bonds is 2. The summed E-state index contributed by atoms with van der Waals surface area (Å²) in [7, 11) is -0.206. The first-order valence-corrected chi connectivity index (χ1v) is 6.52. The predicted octanol–water partition coefficient (Wildman–Crippen LogP) is 2.60. The Hall–Kier alpha value is -0.315. The second-order valence-electron chi connectivity index (χ2n) is 5.96. The minimum atomic E-state index is -0.238. The van der Waals surface area contributed by atoms with E-state index in [1.165, 1.54) is 0 Å². The molecule has 0 aromatic carbocycles. The van der Waals surface area contributed by atoms with Crippen LogP contribution in [-0.2, 0) is 14.0 Å². The molecule has 2 fully saturated rings. The minimum Gasteiger partial charge on any atom is -0.400 e. The summed E-state index contributed by atoms with van der Waals surface area (Å²) in [6, 6.07) is 0. The highest BCUT2D eigenvalue weighted by atomic mass is 16.7. The summed E-state index contributed by atoms with van der Waals surface area (Å²) in [4.78, 5) is 0. The van der Waals surface area contributed by atoms with E-state index in [2.05, 4.69) is 39.7 Å². The molecule has 0 radical (unpaired) electrons. The highest BCUT2D eigenvalue weighted by molar-refractivity contribution is 6.51. The third-order valence-corrected chi connectivity index (χ3v) is 4.08. The third kappa shape index (κ3) is 2.93. The van der Waals surface area contributed by atoms with Gasteiger partial charge in [-0.05, 0) is 46.5 Å². The molecule has 0 aromatic rings. The van der Waals surface area contributed by atoms with E-state index < -0.39 is 0 Å². The molecular weight excluding hydrogens is 215 g/mol. The highest BCUT2D eigenvalue weighted by Crippen LogP contribution is 2.37. The summed E-state index contributed by atoms with van der Waals surface area (Å²) in [6.07, 6.45) is 4.44. The molecule has 0 aliphatic carbocycles. The third-order valence-electron chi connectivity index (χ3n) is 4.08. The lowest BCUT2D eigenvalue weighted by Gasteiger charge is -2.32. The standard InChI is InChI=1S/C13H23BO3/c1-12(2)13(3,4)17-14(16-12)8-5-11-6-9-15-10-7-11/h5,8,11H,6-7,9-10H2,1-4H3/b8-5+. The van der Waals surface area contributed by atoms with Crippen LogP contribution in [0.1, 0.15) is 40.5 Å². The number of hydrogen-bond acceptors (Lipinski definition) is 3. The maximum Gasteiger partial charge on any atom is 0.486 e. The molecule has 0 amide bonds. The molecule has 2 rings (SSSR count). The Balaban J connectivity index is 1.90. The average molecular weight is 238 g/mol. The van der Waals surface area contributed by atoms with E-state index in [-0.39, 0.29) is 18.3 Å². The molecule has 4 heteroatoms. The molecule has 0 saturated carbocycles.